The van der Waals surface area contributed by atoms with E-state index in [1.54, 1.807) is 18.2 Å². The van der Waals surface area contributed by atoms with E-state index in [4.69, 9.17) is 9.47 Å². The maximum absolute atomic E-state index is 14.1. The predicted octanol–water partition coefficient (Wildman–Crippen LogP) is 6.61. The number of hydrogen-bond donors (Lipinski definition) is 0. The minimum absolute atomic E-state index is 0.0362. The summed E-state index contributed by atoms with van der Waals surface area (Å²) < 4.78 is 76.1. The van der Waals surface area contributed by atoms with Gasteiger partial charge in [-0.1, -0.05) is 6.92 Å². The van der Waals surface area contributed by atoms with Gasteiger partial charge in [-0.25, -0.2) is 8.78 Å². The molecule has 0 amide bonds. The zero-order valence-corrected chi connectivity index (χ0v) is 16.3. The quantitative estimate of drug-likeness (QED) is 0.336. The Morgan fingerprint density at radius 2 is 1.61 bits per heavy atom. The maximum atomic E-state index is 14.1. The van der Waals surface area contributed by atoms with Crippen LogP contribution in [0.25, 0.3) is 0 Å². The molecule has 0 unspecified atom stereocenters. The molecule has 0 bridgehead atoms. The molecule has 0 fully saturated rings. The highest BCUT2D eigenvalue weighted by atomic mass is 32.2. The molecule has 8 heteroatoms. The first-order chi connectivity index (χ1) is 13.1. The van der Waals surface area contributed by atoms with E-state index in [2.05, 4.69) is 0 Å². The van der Waals surface area contributed by atoms with Crippen LogP contribution < -0.4 is 9.47 Å². The summed E-state index contributed by atoms with van der Waals surface area (Å²) in [6.45, 7) is 3.52. The van der Waals surface area contributed by atoms with Gasteiger partial charge < -0.3 is 9.47 Å². The Labute approximate surface area is 165 Å². The van der Waals surface area contributed by atoms with Crippen LogP contribution in [0.3, 0.4) is 0 Å². The van der Waals surface area contributed by atoms with Crippen LogP contribution in [-0.4, -0.2) is 24.9 Å². The highest BCUT2D eigenvalue weighted by molar-refractivity contribution is 7.99. The summed E-state index contributed by atoms with van der Waals surface area (Å²) in [5.74, 6) is -2.96. The van der Waals surface area contributed by atoms with Crippen molar-refractivity contribution in [1.82, 2.24) is 0 Å². The number of hydrogen-bond acceptors (Lipinski definition) is 3. The summed E-state index contributed by atoms with van der Waals surface area (Å²) in [5, 5.41) is 0. The van der Waals surface area contributed by atoms with Crippen LogP contribution >= 0.6 is 11.8 Å². The molecule has 0 aliphatic rings. The van der Waals surface area contributed by atoms with E-state index in [9.17, 15) is 22.0 Å². The summed E-state index contributed by atoms with van der Waals surface area (Å²) in [5.41, 5.74) is 0.00618. The Bertz CT molecular complexity index is 760. The van der Waals surface area contributed by atoms with Gasteiger partial charge in [-0.2, -0.15) is 13.2 Å². The van der Waals surface area contributed by atoms with Crippen molar-refractivity contribution in [2.75, 3.05) is 19.0 Å². The van der Waals surface area contributed by atoms with Gasteiger partial charge in [-0.3, -0.25) is 0 Å². The van der Waals surface area contributed by atoms with Gasteiger partial charge in [0.15, 0.2) is 6.61 Å². The predicted molar refractivity (Wildman–Crippen MR) is 99.6 cm³/mol. The first kappa shape index (κ1) is 22.3. The third kappa shape index (κ3) is 6.89. The highest BCUT2D eigenvalue weighted by Gasteiger charge is 2.32. The van der Waals surface area contributed by atoms with Gasteiger partial charge in [0.25, 0.3) is 5.92 Å². The minimum atomic E-state index is -4.48. The molecular weight excluding hydrogens is 399 g/mol. The van der Waals surface area contributed by atoms with Crippen LogP contribution in [0.1, 0.15) is 24.5 Å². The van der Waals surface area contributed by atoms with Crippen molar-refractivity contribution in [3.63, 3.8) is 0 Å². The summed E-state index contributed by atoms with van der Waals surface area (Å²) in [6.07, 6.45) is -3.60. The SMILES string of the molecule is CCCOc1ccc(SCC(F)(F)COc2ccc(C(F)(F)F)cc2)cc1C. The number of rotatable bonds is 9. The van der Waals surface area contributed by atoms with Crippen molar-refractivity contribution in [2.45, 2.75) is 37.3 Å². The topological polar surface area (TPSA) is 18.5 Å². The Morgan fingerprint density at radius 1 is 0.929 bits per heavy atom. The van der Waals surface area contributed by atoms with Crippen LogP contribution in [0.4, 0.5) is 22.0 Å². The summed E-state index contributed by atoms with van der Waals surface area (Å²) in [6, 6.07) is 8.91. The largest absolute Gasteiger partial charge is 0.493 e. The molecule has 2 aromatic rings. The molecule has 0 aliphatic carbocycles. The third-order valence-corrected chi connectivity index (χ3v) is 4.84. The van der Waals surface area contributed by atoms with E-state index in [0.717, 1.165) is 53.8 Å². The van der Waals surface area contributed by atoms with Gasteiger partial charge in [0.2, 0.25) is 0 Å². The van der Waals surface area contributed by atoms with Gasteiger partial charge in [0, 0.05) is 4.90 Å². The monoisotopic (exact) mass is 420 g/mol. The molecule has 0 aromatic heterocycles. The standard InChI is InChI=1S/C20H21F5O2S/c1-3-10-26-18-9-8-17(11-14(18)2)28-13-19(21,22)12-27-16-6-4-15(5-7-16)20(23,24)25/h4-9,11H,3,10,12-13H2,1-2H3. The Kier molecular flexibility index (Phi) is 7.57. The van der Waals surface area contributed by atoms with Crippen LogP contribution in [0, 0.1) is 6.92 Å². The van der Waals surface area contributed by atoms with Crippen LogP contribution in [0.2, 0.25) is 0 Å². The van der Waals surface area contributed by atoms with Gasteiger partial charge in [0.1, 0.15) is 11.5 Å². The second kappa shape index (κ2) is 9.49. The lowest BCUT2D eigenvalue weighted by Gasteiger charge is -2.17. The molecule has 0 spiro atoms. The summed E-state index contributed by atoms with van der Waals surface area (Å²) >= 11 is 0.981. The Morgan fingerprint density at radius 3 is 2.18 bits per heavy atom. The molecule has 0 heterocycles. The lowest BCUT2D eigenvalue weighted by atomic mass is 10.2. The first-order valence-electron chi connectivity index (χ1n) is 8.65. The van der Waals surface area contributed by atoms with Crippen LogP contribution in [0.5, 0.6) is 11.5 Å². The van der Waals surface area contributed by atoms with Gasteiger partial charge in [-0.15, -0.1) is 11.8 Å². The molecule has 0 saturated carbocycles. The average Bonchev–Trinajstić information content (AvgIpc) is 2.64. The van der Waals surface area contributed by atoms with Crippen LogP contribution in [0.15, 0.2) is 47.4 Å². The van der Waals surface area contributed by atoms with Crippen molar-refractivity contribution in [3.8, 4) is 11.5 Å². The molecule has 2 aromatic carbocycles. The van der Waals surface area contributed by atoms with Crippen molar-refractivity contribution >= 4 is 11.8 Å². The lowest BCUT2D eigenvalue weighted by Crippen LogP contribution is -2.28. The maximum Gasteiger partial charge on any atom is 0.416 e. The van der Waals surface area contributed by atoms with Crippen molar-refractivity contribution in [3.05, 3.63) is 53.6 Å². The summed E-state index contributed by atoms with van der Waals surface area (Å²) in [4.78, 5) is 0.676. The number of aryl methyl sites for hydroxylation is 1. The van der Waals surface area contributed by atoms with Crippen molar-refractivity contribution in [1.29, 1.82) is 0 Å². The van der Waals surface area contributed by atoms with E-state index in [1.807, 2.05) is 13.8 Å². The Hall–Kier alpha value is -1.96. The number of benzene rings is 2. The molecule has 0 aliphatic heterocycles. The van der Waals surface area contributed by atoms with Crippen LogP contribution in [-0.2, 0) is 6.18 Å². The molecule has 0 saturated heterocycles. The van der Waals surface area contributed by atoms with Crippen molar-refractivity contribution in [2.24, 2.45) is 0 Å². The number of thioether (sulfide) groups is 1. The van der Waals surface area contributed by atoms with Gasteiger partial charge in [-0.05, 0) is 61.4 Å². The lowest BCUT2D eigenvalue weighted by molar-refractivity contribution is -0.137. The second-order valence-electron chi connectivity index (χ2n) is 6.23. The molecule has 0 atom stereocenters. The third-order valence-electron chi connectivity index (χ3n) is 3.69. The molecule has 28 heavy (non-hydrogen) atoms. The second-order valence-corrected chi connectivity index (χ2v) is 7.28. The van der Waals surface area contributed by atoms with E-state index in [1.165, 1.54) is 0 Å². The Balaban J connectivity index is 1.87. The molecule has 2 rings (SSSR count). The minimum Gasteiger partial charge on any atom is -0.493 e. The fourth-order valence-electron chi connectivity index (χ4n) is 2.25. The molecule has 0 radical (unpaired) electrons. The fourth-order valence-corrected chi connectivity index (χ4v) is 3.13. The number of halogens is 5. The van der Waals surface area contributed by atoms with Gasteiger partial charge in [0.05, 0.1) is 17.9 Å². The number of alkyl halides is 5. The van der Waals surface area contributed by atoms with E-state index in [0.29, 0.717) is 11.5 Å². The molecular formula is C20H21F5O2S. The van der Waals surface area contributed by atoms with E-state index >= 15 is 0 Å². The molecule has 0 N–H and O–H groups in total. The number of ether oxygens (including phenoxy) is 2. The first-order valence-corrected chi connectivity index (χ1v) is 9.63. The average molecular weight is 420 g/mol. The zero-order chi connectivity index (χ0) is 20.8. The van der Waals surface area contributed by atoms with E-state index in [-0.39, 0.29) is 5.75 Å². The van der Waals surface area contributed by atoms with E-state index < -0.39 is 30.0 Å². The van der Waals surface area contributed by atoms with Gasteiger partial charge >= 0.3 is 6.18 Å². The molecule has 2 nitrogen and oxygen atoms in total. The smallest absolute Gasteiger partial charge is 0.416 e. The summed E-state index contributed by atoms with van der Waals surface area (Å²) in [7, 11) is 0. The highest BCUT2D eigenvalue weighted by Crippen LogP contribution is 2.32. The molecule has 154 valence electrons. The zero-order valence-electron chi connectivity index (χ0n) is 15.5. The fraction of sp³-hybridized carbons (Fsp3) is 0.400. The van der Waals surface area contributed by atoms with Crippen molar-refractivity contribution < 1.29 is 31.4 Å². The normalized spacial score (nSPS) is 12.1.